The Morgan fingerprint density at radius 3 is 0.278 bits per heavy atom. The van der Waals surface area contributed by atoms with E-state index in [4.69, 9.17) is 59.8 Å². The summed E-state index contributed by atoms with van der Waals surface area (Å²) >= 11 is 0. The quantitative estimate of drug-likeness (QED) is 0.0412. The lowest BCUT2D eigenvalue weighted by Gasteiger charge is -2.26. The monoisotopic (exact) mass is 1850 g/mol. The molecule has 0 aliphatic heterocycles. The Morgan fingerprint density at radius 1 is 0.0903 bits per heavy atom. The van der Waals surface area contributed by atoms with Gasteiger partial charge in [0.2, 0.25) is 0 Å². The standard InChI is InChI=1S/C126H84N18/c1-13-37-91(38-14-1)139(92-39-15-2-16-40-92)103-73-61-85(62-74-103)109-110(86-63-75-104(76-64-86)140(93-41-17-3-18-42-93)94-43-19-4-20-44-94)128-122-121(127-109)133-115-116(134-122)118-120(138-126-125(136-118)131-113(89-69-81-107(82-70-89)143(99-53-29-9-30-54-99)100-55-31-10-32-56-100)114(132-126)90-71-83-108(84-72-90)144(101-57-33-11-34-58-101)102-59-35-12-36-60-102)119-117(115)135-123-124(137-119)130-112(88-67-79-106(80-68-88)142(97-49-25-7-26-50-97)98-51-27-8-28-52-98)111(129-123)87-65-77-105(78-66-87)141(95-45-21-5-22-46-95)96-47-23-6-24-48-96/h1-84H. The van der Waals surface area contributed by atoms with Crippen LogP contribution in [0.3, 0.4) is 0 Å². The minimum Gasteiger partial charge on any atom is -0.311 e. The van der Waals surface area contributed by atoms with E-state index >= 15 is 0 Å². The minimum absolute atomic E-state index is 0.228. The maximum atomic E-state index is 5.70. The van der Waals surface area contributed by atoms with Gasteiger partial charge in [-0.2, -0.15) is 0 Å². The molecule has 0 aliphatic rings. The van der Waals surface area contributed by atoms with Crippen LogP contribution in [0.5, 0.6) is 0 Å². The third kappa shape index (κ3) is 16.6. The first kappa shape index (κ1) is 85.7. The van der Waals surface area contributed by atoms with Gasteiger partial charge in [0.15, 0.2) is 33.9 Å². The molecule has 25 rings (SSSR count). The zero-order valence-corrected chi connectivity index (χ0v) is 77.5. The zero-order chi connectivity index (χ0) is 95.6. The summed E-state index contributed by atoms with van der Waals surface area (Å²) < 4.78 is 0. The largest absolute Gasteiger partial charge is 0.311 e. The van der Waals surface area contributed by atoms with Gasteiger partial charge in [0.25, 0.3) is 0 Å². The molecule has 18 nitrogen and oxygen atoms in total. The van der Waals surface area contributed by atoms with Gasteiger partial charge in [0.05, 0.1) is 34.2 Å². The van der Waals surface area contributed by atoms with Gasteiger partial charge in [-0.15, -0.1) is 0 Å². The van der Waals surface area contributed by atoms with Gasteiger partial charge in [-0.1, -0.05) is 291 Å². The van der Waals surface area contributed by atoms with Crippen molar-refractivity contribution in [1.29, 1.82) is 0 Å². The fourth-order valence-electron chi connectivity index (χ4n) is 19.1. The van der Waals surface area contributed by atoms with Gasteiger partial charge in [0.1, 0.15) is 33.1 Å². The molecular formula is C126H84N18. The topological polar surface area (TPSA) is 174 Å². The van der Waals surface area contributed by atoms with Crippen molar-refractivity contribution in [1.82, 2.24) is 59.8 Å². The molecule has 0 atom stereocenters. The Bertz CT molecular complexity index is 7300. The number of rotatable bonds is 24. The van der Waals surface area contributed by atoms with E-state index in [0.29, 0.717) is 67.3 Å². The van der Waals surface area contributed by atoms with Gasteiger partial charge >= 0.3 is 0 Å². The Balaban J connectivity index is 0.732. The van der Waals surface area contributed by atoms with Crippen LogP contribution in [0.4, 0.5) is 102 Å². The predicted octanol–water partition coefficient (Wildman–Crippen LogP) is 32.2. The number of para-hydroxylation sites is 12. The molecule has 6 heterocycles. The molecule has 0 aliphatic carbocycles. The van der Waals surface area contributed by atoms with Crippen molar-refractivity contribution in [3.8, 4) is 67.5 Å². The van der Waals surface area contributed by atoms with Crippen LogP contribution in [0.1, 0.15) is 0 Å². The third-order valence-corrected chi connectivity index (χ3v) is 25.8. The van der Waals surface area contributed by atoms with Crippen molar-refractivity contribution >= 4 is 169 Å². The van der Waals surface area contributed by atoms with Gasteiger partial charge in [-0.25, -0.2) is 59.8 Å². The lowest BCUT2D eigenvalue weighted by atomic mass is 10.0. The summed E-state index contributed by atoms with van der Waals surface area (Å²) in [6.07, 6.45) is 0. The molecule has 0 bridgehead atoms. The van der Waals surface area contributed by atoms with Crippen molar-refractivity contribution in [3.63, 3.8) is 0 Å². The summed E-state index contributed by atoms with van der Waals surface area (Å²) in [5.74, 6) is 0. The highest BCUT2D eigenvalue weighted by molar-refractivity contribution is 6.21. The van der Waals surface area contributed by atoms with Gasteiger partial charge < -0.3 is 29.4 Å². The molecule has 0 amide bonds. The Morgan fingerprint density at radius 2 is 0.181 bits per heavy atom. The highest BCUT2D eigenvalue weighted by atomic mass is 15.2. The first-order valence-corrected chi connectivity index (χ1v) is 47.7. The normalized spacial score (nSPS) is 11.3. The van der Waals surface area contributed by atoms with Crippen LogP contribution >= 0.6 is 0 Å². The van der Waals surface area contributed by atoms with Crippen LogP contribution in [0, 0.1) is 0 Å². The predicted molar refractivity (Wildman–Crippen MR) is 586 cm³/mol. The highest BCUT2D eigenvalue weighted by Gasteiger charge is 2.29. The number of anilines is 18. The molecule has 0 spiro atoms. The van der Waals surface area contributed by atoms with Crippen molar-refractivity contribution < 1.29 is 0 Å². The van der Waals surface area contributed by atoms with Crippen molar-refractivity contribution in [2.45, 2.75) is 0 Å². The molecule has 678 valence electrons. The van der Waals surface area contributed by atoms with E-state index in [9.17, 15) is 0 Å². The lowest BCUT2D eigenvalue weighted by Crippen LogP contribution is -2.10. The second-order valence-corrected chi connectivity index (χ2v) is 34.8. The van der Waals surface area contributed by atoms with Gasteiger partial charge in [-0.05, 0) is 218 Å². The van der Waals surface area contributed by atoms with E-state index < -0.39 is 0 Å². The lowest BCUT2D eigenvalue weighted by molar-refractivity contribution is 1.18. The first-order valence-electron chi connectivity index (χ1n) is 47.7. The van der Waals surface area contributed by atoms with Crippen LogP contribution in [0.15, 0.2) is 510 Å². The SMILES string of the molecule is c1ccc(N(c2ccccc2)c2ccc(-c3nc4nc5c6nc7nc(-c8ccc(N(c9ccccc9)c9ccccc9)cc8)c(-c8ccc(N(c9ccccc9)c9ccccc9)cc8)nc7nc6c6nc7nc(-c8ccc(N(c9ccccc9)c9ccccc9)cc8)c(-c8ccc(N(c9ccccc9)c9ccccc9)cc8)nc7nc6c5nc4nc3-c3ccc(N(c4ccccc4)c4ccccc4)cc3)cc2)cc1. The Hall–Kier alpha value is -20.0. The number of aromatic nitrogens is 12. The van der Waals surface area contributed by atoms with E-state index in [0.717, 1.165) is 136 Å². The second-order valence-electron chi connectivity index (χ2n) is 34.8. The van der Waals surface area contributed by atoms with Crippen molar-refractivity contribution in [2.75, 3.05) is 29.4 Å². The Kier molecular flexibility index (Phi) is 22.5. The number of hydrogen-bond acceptors (Lipinski definition) is 18. The molecule has 6 aromatic heterocycles. The first-order chi connectivity index (χ1) is 71.4. The summed E-state index contributed by atoms with van der Waals surface area (Å²) in [5, 5.41) is 0. The molecule has 0 radical (unpaired) electrons. The minimum atomic E-state index is 0.228. The summed E-state index contributed by atoms with van der Waals surface area (Å²) in [4.78, 5) is 81.8. The number of benzene rings is 19. The molecule has 18 heteroatoms. The molecule has 0 saturated carbocycles. The molecular weight excluding hydrogens is 1770 g/mol. The van der Waals surface area contributed by atoms with Crippen LogP contribution in [0.25, 0.3) is 135 Å². The van der Waals surface area contributed by atoms with E-state index in [1.807, 2.05) is 72.8 Å². The molecule has 0 saturated heterocycles. The van der Waals surface area contributed by atoms with Crippen LogP contribution in [-0.2, 0) is 0 Å². The maximum Gasteiger partial charge on any atom is 0.199 e. The summed E-state index contributed by atoms with van der Waals surface area (Å²) in [6.45, 7) is 0. The molecule has 0 fully saturated rings. The number of fused-ring (bicyclic) bond motifs is 9. The summed E-state index contributed by atoms with van der Waals surface area (Å²) in [7, 11) is 0. The van der Waals surface area contributed by atoms with Crippen LogP contribution in [0.2, 0.25) is 0 Å². The average Bonchev–Trinajstić information content (AvgIpc) is 0.709. The van der Waals surface area contributed by atoms with Crippen LogP contribution in [-0.4, -0.2) is 59.8 Å². The summed E-state index contributed by atoms with van der Waals surface area (Å²) in [5.41, 5.74) is 28.8. The molecule has 0 N–H and O–H groups in total. The van der Waals surface area contributed by atoms with E-state index in [2.05, 4.69) is 466 Å². The fourth-order valence-corrected chi connectivity index (χ4v) is 19.1. The third-order valence-electron chi connectivity index (χ3n) is 25.8. The maximum absolute atomic E-state index is 5.70. The van der Waals surface area contributed by atoms with Crippen molar-refractivity contribution in [2.24, 2.45) is 0 Å². The van der Waals surface area contributed by atoms with E-state index in [1.165, 1.54) is 0 Å². The fraction of sp³-hybridized carbons (Fsp3) is 0. The Labute approximate surface area is 830 Å². The average molecular weight is 1850 g/mol. The molecule has 144 heavy (non-hydrogen) atoms. The summed E-state index contributed by atoms with van der Waals surface area (Å²) in [6, 6.07) is 175. The van der Waals surface area contributed by atoms with E-state index in [1.54, 1.807) is 0 Å². The van der Waals surface area contributed by atoms with Crippen LogP contribution < -0.4 is 29.4 Å². The molecule has 19 aromatic carbocycles. The molecule has 25 aromatic rings. The second kappa shape index (κ2) is 37.8. The molecule has 0 unspecified atom stereocenters. The number of hydrogen-bond donors (Lipinski definition) is 0. The van der Waals surface area contributed by atoms with E-state index in [-0.39, 0.29) is 33.9 Å². The highest BCUT2D eigenvalue weighted by Crippen LogP contribution is 2.47. The van der Waals surface area contributed by atoms with Gasteiger partial charge in [0, 0.05) is 136 Å². The number of nitrogens with zero attached hydrogens (tertiary/aromatic N) is 18. The van der Waals surface area contributed by atoms with Gasteiger partial charge in [-0.3, -0.25) is 0 Å². The smallest absolute Gasteiger partial charge is 0.199 e. The van der Waals surface area contributed by atoms with Crippen molar-refractivity contribution in [3.05, 3.63) is 510 Å². The zero-order valence-electron chi connectivity index (χ0n) is 77.5.